The number of benzene rings is 1. The number of carbonyl (C=O) groups excluding carboxylic acids is 1. The van der Waals surface area contributed by atoms with E-state index in [9.17, 15) is 14.7 Å². The summed E-state index contributed by atoms with van der Waals surface area (Å²) in [5, 5.41) is 18.7. The Balaban J connectivity index is 3.32. The van der Waals surface area contributed by atoms with Crippen molar-refractivity contribution in [3.05, 3.63) is 34.9 Å². The Kier molecular flexibility index (Phi) is 4.84. The summed E-state index contributed by atoms with van der Waals surface area (Å²) in [4.78, 5) is 22.5. The van der Waals surface area contributed by atoms with Gasteiger partial charge in [-0.25, -0.2) is 4.79 Å². The number of carbonyl (C=O) groups is 2. The molecule has 0 aromatic heterocycles. The number of aliphatic hydroxyl groups is 1. The van der Waals surface area contributed by atoms with E-state index in [0.717, 1.165) is 0 Å². The van der Waals surface area contributed by atoms with Crippen LogP contribution in [0.25, 0.3) is 0 Å². The van der Waals surface area contributed by atoms with Crippen LogP contribution in [0.15, 0.2) is 18.2 Å². The molecule has 1 rings (SSSR count). The average Bonchev–Trinajstić information content (AvgIpc) is 2.35. The number of ketones is 1. The van der Waals surface area contributed by atoms with Crippen molar-refractivity contribution in [1.82, 2.24) is 0 Å². The van der Waals surface area contributed by atoms with Gasteiger partial charge in [-0.1, -0.05) is 41.1 Å². The number of hydrogen-bond acceptors (Lipinski definition) is 3. The van der Waals surface area contributed by atoms with Gasteiger partial charge in [0.25, 0.3) is 0 Å². The normalized spacial score (nSPS) is 12.2. The van der Waals surface area contributed by atoms with Crippen molar-refractivity contribution in [3.8, 4) is 0 Å². The fourth-order valence-corrected chi connectivity index (χ4v) is 2.22. The number of hydrogen-bond donors (Lipinski definition) is 2. The third-order valence-electron chi connectivity index (χ3n) is 2.50. The second-order valence-corrected chi connectivity index (χ2v) is 4.09. The Bertz CT molecular complexity index is 442. The highest BCUT2D eigenvalue weighted by molar-refractivity contribution is 9.08. The van der Waals surface area contributed by atoms with Crippen molar-refractivity contribution in [2.24, 2.45) is 0 Å². The molecule has 0 radical (unpaired) electrons. The van der Waals surface area contributed by atoms with Crippen molar-refractivity contribution in [1.29, 1.82) is 0 Å². The minimum absolute atomic E-state index is 0.0705. The van der Waals surface area contributed by atoms with Gasteiger partial charge < -0.3 is 10.2 Å². The lowest BCUT2D eigenvalue weighted by molar-refractivity contribution is -0.147. The Labute approximate surface area is 107 Å². The monoisotopic (exact) mass is 300 g/mol. The molecule has 4 nitrogen and oxygen atoms in total. The number of aliphatic hydroxyl groups excluding tert-OH is 1. The number of rotatable bonds is 5. The first-order valence-electron chi connectivity index (χ1n) is 5.14. The number of carboxylic acid groups (broad SMARTS) is 1. The molecule has 0 fully saturated rings. The van der Waals surface area contributed by atoms with Crippen LogP contribution in [0.4, 0.5) is 0 Å². The summed E-state index contributed by atoms with van der Waals surface area (Å²) in [5.74, 6) is -1.40. The number of aliphatic carboxylic acids is 1. The van der Waals surface area contributed by atoms with Gasteiger partial charge in [0.2, 0.25) is 0 Å². The first-order valence-corrected chi connectivity index (χ1v) is 6.26. The highest BCUT2D eigenvalue weighted by Crippen LogP contribution is 2.25. The molecule has 92 valence electrons. The molecule has 1 aromatic rings. The third-order valence-corrected chi connectivity index (χ3v) is 3.06. The van der Waals surface area contributed by atoms with Gasteiger partial charge in [-0.3, -0.25) is 4.79 Å². The van der Waals surface area contributed by atoms with E-state index in [1.807, 2.05) is 0 Å². The fraction of sp³-hybridized carbons (Fsp3) is 0.333. The molecule has 1 atom stereocenters. The predicted octanol–water partition coefficient (Wildman–Crippen LogP) is 2.29. The van der Waals surface area contributed by atoms with Crippen LogP contribution in [0, 0.1) is 0 Å². The SMILES string of the molecule is CCC(=O)c1cccc(C(O)C(=O)O)c1CBr. The fourth-order valence-electron chi connectivity index (χ4n) is 1.59. The molecule has 0 spiro atoms. The average molecular weight is 301 g/mol. The van der Waals surface area contributed by atoms with E-state index in [-0.39, 0.29) is 11.3 Å². The van der Waals surface area contributed by atoms with E-state index < -0.39 is 12.1 Å². The van der Waals surface area contributed by atoms with Gasteiger partial charge in [0.05, 0.1) is 0 Å². The molecule has 1 unspecified atom stereocenters. The van der Waals surface area contributed by atoms with E-state index in [1.165, 1.54) is 6.07 Å². The van der Waals surface area contributed by atoms with E-state index in [0.29, 0.717) is 22.9 Å². The van der Waals surface area contributed by atoms with Crippen LogP contribution in [0.2, 0.25) is 0 Å². The quantitative estimate of drug-likeness (QED) is 0.646. The maximum Gasteiger partial charge on any atom is 0.337 e. The van der Waals surface area contributed by atoms with Crippen LogP contribution in [0.1, 0.15) is 40.9 Å². The first kappa shape index (κ1) is 13.9. The third kappa shape index (κ3) is 2.92. The Morgan fingerprint density at radius 1 is 1.41 bits per heavy atom. The van der Waals surface area contributed by atoms with Crippen molar-refractivity contribution >= 4 is 27.7 Å². The van der Waals surface area contributed by atoms with Crippen molar-refractivity contribution in [3.63, 3.8) is 0 Å². The maximum atomic E-state index is 11.7. The van der Waals surface area contributed by atoms with Gasteiger partial charge >= 0.3 is 5.97 Å². The molecule has 0 bridgehead atoms. The zero-order valence-electron chi connectivity index (χ0n) is 9.31. The predicted molar refractivity (Wildman–Crippen MR) is 66.3 cm³/mol. The minimum atomic E-state index is -1.60. The van der Waals surface area contributed by atoms with Gasteiger partial charge in [0.1, 0.15) is 0 Å². The summed E-state index contributed by atoms with van der Waals surface area (Å²) in [6.07, 6.45) is -1.26. The topological polar surface area (TPSA) is 74.6 Å². The molecule has 0 aliphatic heterocycles. The van der Waals surface area contributed by atoms with Crippen LogP contribution in [0.3, 0.4) is 0 Å². The van der Waals surface area contributed by atoms with E-state index in [4.69, 9.17) is 5.11 Å². The molecule has 0 saturated carbocycles. The lowest BCUT2D eigenvalue weighted by atomic mass is 9.95. The minimum Gasteiger partial charge on any atom is -0.479 e. The van der Waals surface area contributed by atoms with Crippen LogP contribution >= 0.6 is 15.9 Å². The summed E-state index contributed by atoms with van der Waals surface area (Å²) >= 11 is 3.22. The second kappa shape index (κ2) is 5.93. The van der Waals surface area contributed by atoms with Gasteiger partial charge in [0.15, 0.2) is 11.9 Å². The standard InChI is InChI=1S/C12H13BrO4/c1-2-10(14)7-4-3-5-8(9(7)6-13)11(15)12(16)17/h3-5,11,15H,2,6H2,1H3,(H,16,17). The summed E-state index contributed by atoms with van der Waals surface area (Å²) in [5.41, 5.74) is 1.25. The van der Waals surface area contributed by atoms with Gasteiger partial charge in [-0.2, -0.15) is 0 Å². The number of Topliss-reactive ketones (excluding diaryl/α,β-unsaturated/α-hetero) is 1. The van der Waals surface area contributed by atoms with Crippen LogP contribution in [-0.4, -0.2) is 22.0 Å². The zero-order chi connectivity index (χ0) is 13.0. The largest absolute Gasteiger partial charge is 0.479 e. The lowest BCUT2D eigenvalue weighted by Crippen LogP contribution is -2.14. The Morgan fingerprint density at radius 3 is 2.53 bits per heavy atom. The summed E-state index contributed by atoms with van der Waals surface area (Å²) in [6, 6.07) is 4.73. The highest BCUT2D eigenvalue weighted by atomic mass is 79.9. The van der Waals surface area contributed by atoms with Gasteiger partial charge in [0, 0.05) is 17.3 Å². The van der Waals surface area contributed by atoms with E-state index in [1.54, 1.807) is 19.1 Å². The molecular weight excluding hydrogens is 288 g/mol. The van der Waals surface area contributed by atoms with Crippen LogP contribution in [0.5, 0.6) is 0 Å². The van der Waals surface area contributed by atoms with Gasteiger partial charge in [-0.05, 0) is 11.1 Å². The van der Waals surface area contributed by atoms with Gasteiger partial charge in [-0.15, -0.1) is 0 Å². The summed E-state index contributed by atoms with van der Waals surface area (Å²) in [7, 11) is 0. The molecule has 2 N–H and O–H groups in total. The molecule has 5 heteroatoms. The van der Waals surface area contributed by atoms with Crippen molar-refractivity contribution in [2.45, 2.75) is 24.8 Å². The number of alkyl halides is 1. The van der Waals surface area contributed by atoms with Crippen molar-refractivity contribution < 1.29 is 19.8 Å². The van der Waals surface area contributed by atoms with Crippen LogP contribution < -0.4 is 0 Å². The molecule has 0 heterocycles. The van der Waals surface area contributed by atoms with Crippen molar-refractivity contribution in [2.75, 3.05) is 0 Å². The zero-order valence-corrected chi connectivity index (χ0v) is 10.9. The highest BCUT2D eigenvalue weighted by Gasteiger charge is 2.22. The molecular formula is C12H13BrO4. The van der Waals surface area contributed by atoms with E-state index in [2.05, 4.69) is 15.9 Å². The first-order chi connectivity index (χ1) is 8.02. The van der Waals surface area contributed by atoms with Crippen LogP contribution in [-0.2, 0) is 10.1 Å². The summed E-state index contributed by atoms with van der Waals surface area (Å²) in [6.45, 7) is 1.74. The number of halogens is 1. The Hall–Kier alpha value is -1.20. The number of carboxylic acids is 1. The molecule has 17 heavy (non-hydrogen) atoms. The molecule has 0 saturated heterocycles. The lowest BCUT2D eigenvalue weighted by Gasteiger charge is -2.14. The maximum absolute atomic E-state index is 11.7. The molecule has 0 aliphatic carbocycles. The molecule has 0 aliphatic rings. The smallest absolute Gasteiger partial charge is 0.337 e. The second-order valence-electron chi connectivity index (χ2n) is 3.52. The summed E-state index contributed by atoms with van der Waals surface area (Å²) < 4.78 is 0. The molecule has 0 amide bonds. The molecule has 1 aromatic carbocycles. The van der Waals surface area contributed by atoms with E-state index >= 15 is 0 Å². The Morgan fingerprint density at radius 2 is 2.06 bits per heavy atom.